The van der Waals surface area contributed by atoms with Crippen molar-refractivity contribution in [1.82, 2.24) is 9.78 Å². The maximum atomic E-state index is 14.3. The first-order valence-corrected chi connectivity index (χ1v) is 16.6. The Hall–Kier alpha value is -2.59. The van der Waals surface area contributed by atoms with Gasteiger partial charge in [0.2, 0.25) is 0 Å². The summed E-state index contributed by atoms with van der Waals surface area (Å²) in [6, 6.07) is 15.9. The fourth-order valence-corrected chi connectivity index (χ4v) is 11.1. The predicted octanol–water partition coefficient (Wildman–Crippen LogP) is 6.49. The van der Waals surface area contributed by atoms with Gasteiger partial charge in [-0.2, -0.15) is 21.9 Å². The molecule has 2 aromatic carbocycles. The minimum absolute atomic E-state index is 0.0145. The zero-order valence-corrected chi connectivity index (χ0v) is 24.8. The Morgan fingerprint density at radius 2 is 1.45 bits per heavy atom. The van der Waals surface area contributed by atoms with Crippen molar-refractivity contribution in [3.05, 3.63) is 92.1 Å². The molecule has 0 fully saturated rings. The van der Waals surface area contributed by atoms with E-state index in [4.69, 9.17) is 28.9 Å². The average molecular weight is 664 g/mol. The maximum absolute atomic E-state index is 14.3. The van der Waals surface area contributed by atoms with Crippen LogP contribution in [0.1, 0.15) is 23.1 Å². The van der Waals surface area contributed by atoms with Gasteiger partial charge in [0, 0.05) is 12.1 Å². The molecule has 16 heteroatoms. The standard InChI is InChI=1S/C24H18Cl2F2N4O4S4/c25-18-7-9-20(37-18)39(33,34)32(40(35,36)21-10-8-19(26)38-21)24-22-16(23(27)28)5-2-6-17(22)31(30-24)13-15-4-1-3-14(11-15)12-29/h1-11,23H,12-13,29H2. The van der Waals surface area contributed by atoms with E-state index in [1.54, 1.807) is 18.2 Å². The van der Waals surface area contributed by atoms with Crippen molar-refractivity contribution < 1.29 is 25.6 Å². The molecule has 0 amide bonds. The van der Waals surface area contributed by atoms with Crippen molar-refractivity contribution in [3.63, 3.8) is 0 Å². The van der Waals surface area contributed by atoms with Crippen LogP contribution in [0.15, 0.2) is 75.1 Å². The number of anilines is 1. The molecule has 0 aliphatic heterocycles. The Labute approximate surface area is 246 Å². The number of hydrogen-bond acceptors (Lipinski definition) is 8. The summed E-state index contributed by atoms with van der Waals surface area (Å²) in [7, 11) is -9.86. The third-order valence-corrected chi connectivity index (χ3v) is 13.3. The normalized spacial score (nSPS) is 12.4. The molecule has 40 heavy (non-hydrogen) atoms. The van der Waals surface area contributed by atoms with Gasteiger partial charge in [-0.25, -0.2) is 8.78 Å². The first kappa shape index (κ1) is 28.9. The summed E-state index contributed by atoms with van der Waals surface area (Å²) in [4.78, 5) is 0. The minimum Gasteiger partial charge on any atom is -0.326 e. The lowest BCUT2D eigenvalue weighted by Crippen LogP contribution is -2.37. The van der Waals surface area contributed by atoms with Gasteiger partial charge in [0.1, 0.15) is 8.42 Å². The molecular weight excluding hydrogens is 645 g/mol. The number of sulfonamides is 2. The van der Waals surface area contributed by atoms with Gasteiger partial charge in [-0.3, -0.25) is 4.68 Å². The first-order valence-electron chi connectivity index (χ1n) is 11.3. The van der Waals surface area contributed by atoms with Crippen LogP contribution in [0, 0.1) is 0 Å². The SMILES string of the molecule is NCc1cccc(Cn2nc(N(S(=O)(=O)c3ccc(Cl)s3)S(=O)(=O)c3ccc(Cl)s3)c3c(C(F)F)cccc32)c1. The van der Waals surface area contributed by atoms with E-state index in [0.717, 1.165) is 23.8 Å². The van der Waals surface area contributed by atoms with Crippen LogP contribution >= 0.6 is 45.9 Å². The van der Waals surface area contributed by atoms with Crippen LogP contribution < -0.4 is 9.44 Å². The third kappa shape index (κ3) is 5.24. The second kappa shape index (κ2) is 11.0. The summed E-state index contributed by atoms with van der Waals surface area (Å²) in [6.45, 7) is 0.270. The molecule has 0 atom stereocenters. The topological polar surface area (TPSA) is 115 Å². The van der Waals surface area contributed by atoms with Crippen LogP contribution in [0.5, 0.6) is 0 Å². The van der Waals surface area contributed by atoms with E-state index in [1.807, 2.05) is 6.07 Å². The first-order chi connectivity index (χ1) is 18.9. The van der Waals surface area contributed by atoms with Crippen molar-refractivity contribution in [1.29, 1.82) is 0 Å². The maximum Gasteiger partial charge on any atom is 0.288 e. The Balaban J connectivity index is 1.83. The monoisotopic (exact) mass is 662 g/mol. The van der Waals surface area contributed by atoms with Crippen molar-refractivity contribution in [2.24, 2.45) is 5.73 Å². The summed E-state index contributed by atoms with van der Waals surface area (Å²) in [5.74, 6) is -0.699. The number of halogens is 4. The number of aromatic nitrogens is 2. The highest BCUT2D eigenvalue weighted by atomic mass is 35.5. The molecular formula is C24H18Cl2F2N4O4S4. The van der Waals surface area contributed by atoms with Gasteiger partial charge in [0.15, 0.2) is 5.82 Å². The van der Waals surface area contributed by atoms with Crippen LogP contribution in [0.3, 0.4) is 0 Å². The predicted molar refractivity (Wildman–Crippen MR) is 154 cm³/mol. The average Bonchev–Trinajstić information content (AvgIpc) is 3.63. The summed E-state index contributed by atoms with van der Waals surface area (Å²) in [6.07, 6.45) is -3.07. The van der Waals surface area contributed by atoms with Gasteiger partial charge in [-0.15, -0.1) is 26.4 Å². The molecule has 3 heterocycles. The number of hydrogen-bond donors (Lipinski definition) is 1. The third-order valence-electron chi connectivity index (χ3n) is 5.80. The van der Waals surface area contributed by atoms with E-state index in [9.17, 15) is 25.6 Å². The number of nitrogens with two attached hydrogens (primary N) is 1. The zero-order chi connectivity index (χ0) is 28.8. The lowest BCUT2D eigenvalue weighted by atomic mass is 10.1. The quantitative estimate of drug-likeness (QED) is 0.193. The molecule has 0 saturated heterocycles. The zero-order valence-electron chi connectivity index (χ0n) is 20.0. The minimum atomic E-state index is -4.93. The molecule has 0 radical (unpaired) electrons. The molecule has 0 spiro atoms. The van der Waals surface area contributed by atoms with E-state index in [2.05, 4.69) is 5.10 Å². The van der Waals surface area contributed by atoms with Crippen LogP contribution in [-0.2, 0) is 33.1 Å². The van der Waals surface area contributed by atoms with E-state index < -0.39 is 46.3 Å². The van der Waals surface area contributed by atoms with Crippen molar-refractivity contribution in [2.75, 3.05) is 3.71 Å². The number of benzene rings is 2. The highest BCUT2D eigenvalue weighted by molar-refractivity contribution is 8.11. The van der Waals surface area contributed by atoms with Gasteiger partial charge in [-0.1, -0.05) is 59.6 Å². The van der Waals surface area contributed by atoms with E-state index in [-0.39, 0.29) is 36.4 Å². The second-order valence-corrected chi connectivity index (χ2v) is 16.1. The number of fused-ring (bicyclic) bond motifs is 1. The molecule has 0 aliphatic carbocycles. The van der Waals surface area contributed by atoms with Crippen molar-refractivity contribution in [2.45, 2.75) is 27.9 Å². The Bertz CT molecular complexity index is 1870. The fourth-order valence-electron chi connectivity index (χ4n) is 4.09. The van der Waals surface area contributed by atoms with Gasteiger partial charge >= 0.3 is 0 Å². The van der Waals surface area contributed by atoms with Gasteiger partial charge < -0.3 is 5.73 Å². The van der Waals surface area contributed by atoms with Crippen LogP contribution in [-0.4, -0.2) is 26.6 Å². The molecule has 5 rings (SSSR count). The molecule has 0 saturated carbocycles. The van der Waals surface area contributed by atoms with Gasteiger partial charge in [0.25, 0.3) is 26.5 Å². The Morgan fingerprint density at radius 3 is 1.98 bits per heavy atom. The summed E-state index contributed by atoms with van der Waals surface area (Å²) < 4.78 is 85.2. The number of alkyl halides is 2. The number of thiophene rings is 2. The fraction of sp³-hybridized carbons (Fsp3) is 0.125. The smallest absolute Gasteiger partial charge is 0.288 e. The molecule has 3 aromatic heterocycles. The van der Waals surface area contributed by atoms with E-state index in [1.165, 1.54) is 28.9 Å². The Kier molecular flexibility index (Phi) is 7.96. The van der Waals surface area contributed by atoms with Gasteiger partial charge in [0.05, 0.1) is 26.1 Å². The Morgan fingerprint density at radius 1 is 0.875 bits per heavy atom. The highest BCUT2D eigenvalue weighted by Crippen LogP contribution is 2.42. The highest BCUT2D eigenvalue weighted by Gasteiger charge is 2.42. The van der Waals surface area contributed by atoms with Crippen molar-refractivity contribution in [3.8, 4) is 0 Å². The molecule has 0 unspecified atom stereocenters. The largest absolute Gasteiger partial charge is 0.326 e. The van der Waals surface area contributed by atoms with Gasteiger partial charge in [-0.05, 0) is 41.5 Å². The molecule has 0 aliphatic rings. The van der Waals surface area contributed by atoms with Crippen molar-refractivity contribution >= 4 is 82.6 Å². The molecule has 5 aromatic rings. The van der Waals surface area contributed by atoms with Crippen LogP contribution in [0.4, 0.5) is 14.6 Å². The van der Waals surface area contributed by atoms with E-state index >= 15 is 0 Å². The summed E-state index contributed by atoms with van der Waals surface area (Å²) >= 11 is 13.2. The lowest BCUT2D eigenvalue weighted by Gasteiger charge is -2.21. The number of rotatable bonds is 9. The lowest BCUT2D eigenvalue weighted by molar-refractivity contribution is 0.153. The van der Waals surface area contributed by atoms with Crippen LogP contribution in [0.25, 0.3) is 10.9 Å². The second-order valence-electron chi connectivity index (χ2n) is 8.37. The number of nitrogens with zero attached hydrogens (tertiary/aromatic N) is 3. The molecule has 210 valence electrons. The van der Waals surface area contributed by atoms with Crippen LogP contribution in [0.2, 0.25) is 8.67 Å². The van der Waals surface area contributed by atoms with E-state index in [0.29, 0.717) is 28.2 Å². The molecule has 8 nitrogen and oxygen atoms in total. The summed E-state index contributed by atoms with van der Waals surface area (Å²) in [5.41, 5.74) is 6.76. The molecule has 0 bridgehead atoms. The summed E-state index contributed by atoms with van der Waals surface area (Å²) in [5, 5.41) is 4.01. The molecule has 2 N–H and O–H groups in total.